The number of carbonyl (C=O) groups is 2. The number of ketones is 1. The van der Waals surface area contributed by atoms with E-state index in [1.54, 1.807) is 32.2 Å². The topological polar surface area (TPSA) is 49.9 Å². The lowest BCUT2D eigenvalue weighted by Crippen LogP contribution is -2.48. The first-order chi connectivity index (χ1) is 12.5. The van der Waals surface area contributed by atoms with E-state index < -0.39 is 0 Å². The average molecular weight is 373 g/mol. The number of rotatable bonds is 4. The van der Waals surface area contributed by atoms with Crippen LogP contribution in [0.25, 0.3) is 0 Å². The lowest BCUT2D eigenvalue weighted by Gasteiger charge is -2.36. The number of methoxy groups -OCH3 is 1. The van der Waals surface area contributed by atoms with Crippen molar-refractivity contribution >= 4 is 29.0 Å². The summed E-state index contributed by atoms with van der Waals surface area (Å²) in [5.74, 6) is 0.589. The van der Waals surface area contributed by atoms with E-state index in [4.69, 9.17) is 16.3 Å². The van der Waals surface area contributed by atoms with Gasteiger partial charge in [-0.25, -0.2) is 0 Å². The number of hydrogen-bond acceptors (Lipinski definition) is 4. The predicted molar refractivity (Wildman–Crippen MR) is 103 cm³/mol. The maximum atomic E-state index is 12.7. The lowest BCUT2D eigenvalue weighted by atomic mass is 10.1. The highest BCUT2D eigenvalue weighted by Gasteiger charge is 2.23. The van der Waals surface area contributed by atoms with Gasteiger partial charge in [0, 0.05) is 48.0 Å². The van der Waals surface area contributed by atoms with Crippen molar-refractivity contribution in [3.05, 3.63) is 58.6 Å². The van der Waals surface area contributed by atoms with E-state index in [0.29, 0.717) is 35.0 Å². The third kappa shape index (κ3) is 3.99. The molecule has 0 saturated carbocycles. The van der Waals surface area contributed by atoms with E-state index in [9.17, 15) is 9.59 Å². The number of piperazine rings is 1. The van der Waals surface area contributed by atoms with Gasteiger partial charge in [0.15, 0.2) is 5.78 Å². The minimum absolute atomic E-state index is 0.0441. The Morgan fingerprint density at radius 3 is 2.19 bits per heavy atom. The number of carbonyl (C=O) groups excluding carboxylic acids is 2. The van der Waals surface area contributed by atoms with E-state index >= 15 is 0 Å². The van der Waals surface area contributed by atoms with Gasteiger partial charge in [-0.3, -0.25) is 9.59 Å². The molecule has 2 aromatic carbocycles. The van der Waals surface area contributed by atoms with Crippen LogP contribution < -0.4 is 9.64 Å². The Bertz CT molecular complexity index is 812. The molecular weight excluding hydrogens is 352 g/mol. The molecule has 0 aromatic heterocycles. The van der Waals surface area contributed by atoms with Crippen LogP contribution in [0.2, 0.25) is 5.02 Å². The van der Waals surface area contributed by atoms with Crippen molar-refractivity contribution in [3.8, 4) is 5.75 Å². The largest absolute Gasteiger partial charge is 0.497 e. The molecule has 0 aliphatic carbocycles. The van der Waals surface area contributed by atoms with Crippen molar-refractivity contribution in [3.63, 3.8) is 0 Å². The van der Waals surface area contributed by atoms with Crippen LogP contribution in [-0.4, -0.2) is 49.9 Å². The minimum atomic E-state index is -0.0441. The van der Waals surface area contributed by atoms with Crippen LogP contribution in [-0.2, 0) is 0 Å². The number of Topliss-reactive ketones (excluding diaryl/α,β-unsaturated/α-hetero) is 1. The van der Waals surface area contributed by atoms with Crippen LogP contribution >= 0.6 is 11.6 Å². The maximum absolute atomic E-state index is 12.7. The molecular formula is C20H21ClN2O3. The molecule has 1 aliphatic heterocycles. The number of anilines is 1. The molecule has 6 heteroatoms. The fourth-order valence-corrected chi connectivity index (χ4v) is 3.29. The summed E-state index contributed by atoms with van der Waals surface area (Å²) < 4.78 is 5.19. The van der Waals surface area contributed by atoms with Crippen molar-refractivity contribution in [2.75, 3.05) is 38.2 Å². The van der Waals surface area contributed by atoms with Gasteiger partial charge in [0.1, 0.15) is 5.75 Å². The molecule has 1 amide bonds. The predicted octanol–water partition coefficient (Wildman–Crippen LogP) is 3.51. The van der Waals surface area contributed by atoms with Gasteiger partial charge in [0.25, 0.3) is 5.91 Å². The molecule has 0 spiro atoms. The van der Waals surface area contributed by atoms with Gasteiger partial charge in [0.2, 0.25) is 0 Å². The fraction of sp³-hybridized carbons (Fsp3) is 0.300. The summed E-state index contributed by atoms with van der Waals surface area (Å²) in [4.78, 5) is 28.2. The first-order valence-electron chi connectivity index (χ1n) is 8.48. The highest BCUT2D eigenvalue weighted by molar-refractivity contribution is 6.31. The molecule has 5 nitrogen and oxygen atoms in total. The number of halogens is 1. The highest BCUT2D eigenvalue weighted by Crippen LogP contribution is 2.23. The Labute approximate surface area is 158 Å². The maximum Gasteiger partial charge on any atom is 0.254 e. The number of nitrogens with zero attached hydrogens (tertiary/aromatic N) is 2. The molecule has 0 unspecified atom stereocenters. The van der Waals surface area contributed by atoms with Crippen LogP contribution in [0.3, 0.4) is 0 Å². The first kappa shape index (κ1) is 18.3. The van der Waals surface area contributed by atoms with Gasteiger partial charge in [-0.05, 0) is 49.4 Å². The zero-order valence-corrected chi connectivity index (χ0v) is 15.6. The van der Waals surface area contributed by atoms with Crippen LogP contribution in [0.1, 0.15) is 27.6 Å². The molecule has 1 saturated heterocycles. The molecule has 0 bridgehead atoms. The van der Waals surface area contributed by atoms with Crippen molar-refractivity contribution < 1.29 is 14.3 Å². The molecule has 3 rings (SSSR count). The summed E-state index contributed by atoms with van der Waals surface area (Å²) in [5.41, 5.74) is 2.30. The van der Waals surface area contributed by atoms with Crippen molar-refractivity contribution in [2.24, 2.45) is 0 Å². The number of hydrogen-bond donors (Lipinski definition) is 0. The van der Waals surface area contributed by atoms with Crippen LogP contribution in [0, 0.1) is 0 Å². The summed E-state index contributed by atoms with van der Waals surface area (Å²) in [7, 11) is 1.55. The summed E-state index contributed by atoms with van der Waals surface area (Å²) in [6, 6.07) is 12.6. The summed E-state index contributed by atoms with van der Waals surface area (Å²) in [6.07, 6.45) is 0. The van der Waals surface area contributed by atoms with Gasteiger partial charge in [-0.2, -0.15) is 0 Å². The molecule has 0 atom stereocenters. The van der Waals surface area contributed by atoms with E-state index in [1.165, 1.54) is 0 Å². The van der Waals surface area contributed by atoms with Crippen molar-refractivity contribution in [1.29, 1.82) is 0 Å². The van der Waals surface area contributed by atoms with E-state index in [-0.39, 0.29) is 11.7 Å². The Morgan fingerprint density at radius 1 is 0.962 bits per heavy atom. The third-order valence-corrected chi connectivity index (χ3v) is 4.78. The van der Waals surface area contributed by atoms with E-state index in [0.717, 1.165) is 18.8 Å². The standard InChI is InChI=1S/C20H21ClN2O3/c1-14(24)15-3-5-18(6-4-15)22-7-9-23(10-8-22)20(25)16-11-17(21)13-19(12-16)26-2/h3-6,11-13H,7-10H2,1-2H3. The Morgan fingerprint density at radius 2 is 1.62 bits per heavy atom. The van der Waals surface area contributed by atoms with Crippen LogP contribution in [0.4, 0.5) is 5.69 Å². The SMILES string of the molecule is COc1cc(Cl)cc(C(=O)N2CCN(c3ccc(C(C)=O)cc3)CC2)c1. The Kier molecular flexibility index (Phi) is 5.47. The van der Waals surface area contributed by atoms with Crippen molar-refractivity contribution in [2.45, 2.75) is 6.92 Å². The van der Waals surface area contributed by atoms with Gasteiger partial charge >= 0.3 is 0 Å². The quantitative estimate of drug-likeness (QED) is 0.770. The fourth-order valence-electron chi connectivity index (χ4n) is 3.06. The number of ether oxygens (including phenoxy) is 1. The van der Waals surface area contributed by atoms with E-state index in [2.05, 4.69) is 4.90 Å². The number of amides is 1. The third-order valence-electron chi connectivity index (χ3n) is 4.56. The zero-order chi connectivity index (χ0) is 18.7. The van der Waals surface area contributed by atoms with E-state index in [1.807, 2.05) is 29.2 Å². The van der Waals surface area contributed by atoms with Crippen LogP contribution in [0.5, 0.6) is 5.75 Å². The van der Waals surface area contributed by atoms with Gasteiger partial charge in [0.05, 0.1) is 7.11 Å². The molecule has 2 aromatic rings. The Balaban J connectivity index is 1.65. The molecule has 0 radical (unpaired) electrons. The monoisotopic (exact) mass is 372 g/mol. The second-order valence-corrected chi connectivity index (χ2v) is 6.70. The molecule has 1 aliphatic rings. The summed E-state index contributed by atoms with van der Waals surface area (Å²) in [5, 5.41) is 0.483. The summed E-state index contributed by atoms with van der Waals surface area (Å²) >= 11 is 6.07. The van der Waals surface area contributed by atoms with Gasteiger partial charge in [-0.15, -0.1) is 0 Å². The van der Waals surface area contributed by atoms with Gasteiger partial charge < -0.3 is 14.5 Å². The lowest BCUT2D eigenvalue weighted by molar-refractivity contribution is 0.0746. The Hall–Kier alpha value is -2.53. The van der Waals surface area contributed by atoms with Gasteiger partial charge in [-0.1, -0.05) is 11.6 Å². The molecule has 1 heterocycles. The molecule has 26 heavy (non-hydrogen) atoms. The van der Waals surface area contributed by atoms with Crippen LogP contribution in [0.15, 0.2) is 42.5 Å². The average Bonchev–Trinajstić information content (AvgIpc) is 2.67. The zero-order valence-electron chi connectivity index (χ0n) is 14.9. The first-order valence-corrected chi connectivity index (χ1v) is 8.85. The molecule has 0 N–H and O–H groups in total. The smallest absolute Gasteiger partial charge is 0.254 e. The molecule has 1 fully saturated rings. The summed E-state index contributed by atoms with van der Waals surface area (Å²) in [6.45, 7) is 4.29. The minimum Gasteiger partial charge on any atom is -0.497 e. The molecule has 136 valence electrons. The normalized spacial score (nSPS) is 14.3. The van der Waals surface area contributed by atoms with Crippen molar-refractivity contribution in [1.82, 2.24) is 4.90 Å². The highest BCUT2D eigenvalue weighted by atomic mass is 35.5. The second-order valence-electron chi connectivity index (χ2n) is 6.26. The number of benzene rings is 2. The second kappa shape index (κ2) is 7.79.